The highest BCUT2D eigenvalue weighted by Gasteiger charge is 2.36. The van der Waals surface area contributed by atoms with Crippen LogP contribution in [0, 0.1) is 13.8 Å². The van der Waals surface area contributed by atoms with E-state index in [4.69, 9.17) is 10.3 Å². The van der Waals surface area contributed by atoms with Crippen LogP contribution in [0.15, 0.2) is 9.32 Å². The van der Waals surface area contributed by atoms with E-state index < -0.39 is 5.54 Å². The van der Waals surface area contributed by atoms with Gasteiger partial charge in [0.1, 0.15) is 5.82 Å². The number of aryl methyl sites for hydroxylation is 2. The lowest BCUT2D eigenvalue weighted by molar-refractivity contribution is 0.352. The van der Waals surface area contributed by atoms with Crippen molar-refractivity contribution in [3.05, 3.63) is 39.2 Å². The fourth-order valence-corrected chi connectivity index (χ4v) is 2.87. The number of nitrogens with one attached hydrogen (secondary N) is 1. The van der Waals surface area contributed by atoms with E-state index in [1.54, 1.807) is 13.8 Å². The first-order valence-electron chi connectivity index (χ1n) is 7.16. The van der Waals surface area contributed by atoms with Gasteiger partial charge in [0.05, 0.1) is 12.0 Å². The molecule has 3 N–H and O–H groups in total. The summed E-state index contributed by atoms with van der Waals surface area (Å²) in [6, 6.07) is 0. The molecule has 0 bridgehead atoms. The molecule has 0 radical (unpaired) electrons. The lowest BCUT2D eigenvalue weighted by atomic mass is 9.99. The number of halogens is 1. The van der Waals surface area contributed by atoms with Gasteiger partial charge in [-0.1, -0.05) is 18.0 Å². The molecule has 0 unspecified atom stereocenters. The summed E-state index contributed by atoms with van der Waals surface area (Å²) < 4.78 is 5.26. The molecule has 2 heterocycles. The van der Waals surface area contributed by atoms with E-state index in [1.165, 1.54) is 0 Å². The number of aromatic nitrogens is 4. The van der Waals surface area contributed by atoms with E-state index in [0.29, 0.717) is 28.8 Å². The smallest absolute Gasteiger partial charge is 0.254 e. The lowest BCUT2D eigenvalue weighted by Crippen LogP contribution is -2.34. The van der Waals surface area contributed by atoms with E-state index >= 15 is 0 Å². The molecule has 7 nitrogen and oxygen atoms in total. The van der Waals surface area contributed by atoms with Crippen molar-refractivity contribution in [1.82, 2.24) is 20.1 Å². The van der Waals surface area contributed by atoms with Gasteiger partial charge in [-0.2, -0.15) is 4.98 Å². The minimum absolute atomic E-state index is 0. The van der Waals surface area contributed by atoms with Gasteiger partial charge in [0, 0.05) is 11.3 Å². The molecule has 1 saturated carbocycles. The Balaban J connectivity index is 0.00000176. The van der Waals surface area contributed by atoms with Crippen LogP contribution in [0.5, 0.6) is 0 Å². The third kappa shape index (κ3) is 3.05. The molecule has 120 valence electrons. The maximum absolute atomic E-state index is 12.0. The average molecular weight is 326 g/mol. The summed E-state index contributed by atoms with van der Waals surface area (Å²) in [5, 5.41) is 4.00. The summed E-state index contributed by atoms with van der Waals surface area (Å²) in [4.78, 5) is 23.3. The Morgan fingerprint density at radius 1 is 1.27 bits per heavy atom. The first-order valence-corrected chi connectivity index (χ1v) is 7.16. The summed E-state index contributed by atoms with van der Waals surface area (Å²) in [7, 11) is 0. The Morgan fingerprint density at radius 2 is 1.95 bits per heavy atom. The van der Waals surface area contributed by atoms with Crippen molar-refractivity contribution in [1.29, 1.82) is 0 Å². The van der Waals surface area contributed by atoms with E-state index in [0.717, 1.165) is 25.7 Å². The Kier molecular flexibility index (Phi) is 4.67. The summed E-state index contributed by atoms with van der Waals surface area (Å²) in [6.07, 6.45) is 4.19. The quantitative estimate of drug-likeness (QED) is 0.885. The van der Waals surface area contributed by atoms with Gasteiger partial charge in [-0.05, 0) is 26.7 Å². The SMILES string of the molecule is Cc1nc(C)c(Cc2nc(C3(N)CCCC3)no2)c(=O)[nH]1.Cl. The number of nitrogens with two attached hydrogens (primary N) is 1. The minimum atomic E-state index is -0.477. The topological polar surface area (TPSA) is 111 Å². The highest BCUT2D eigenvalue weighted by Crippen LogP contribution is 2.34. The molecule has 1 fully saturated rings. The van der Waals surface area contributed by atoms with Crippen LogP contribution in [0.3, 0.4) is 0 Å². The molecule has 0 aromatic carbocycles. The standard InChI is InChI=1S/C14H19N5O2.ClH/c1-8-10(12(20)17-9(2)16-8)7-11-18-13(19-21-11)14(15)5-3-4-6-14;/h3-7,15H2,1-2H3,(H,16,17,20);1H. The number of nitrogens with zero attached hydrogens (tertiary/aromatic N) is 3. The molecule has 1 aliphatic rings. The van der Waals surface area contributed by atoms with Crippen LogP contribution in [0.2, 0.25) is 0 Å². The third-order valence-corrected chi connectivity index (χ3v) is 4.08. The van der Waals surface area contributed by atoms with Crippen molar-refractivity contribution in [3.8, 4) is 0 Å². The minimum Gasteiger partial charge on any atom is -0.339 e. The highest BCUT2D eigenvalue weighted by atomic mass is 35.5. The van der Waals surface area contributed by atoms with E-state index in [1.807, 2.05) is 0 Å². The van der Waals surface area contributed by atoms with Crippen LogP contribution in [-0.2, 0) is 12.0 Å². The van der Waals surface area contributed by atoms with Crippen LogP contribution in [0.1, 0.15) is 54.5 Å². The maximum atomic E-state index is 12.0. The van der Waals surface area contributed by atoms with Crippen molar-refractivity contribution >= 4 is 12.4 Å². The van der Waals surface area contributed by atoms with Gasteiger partial charge in [-0.15, -0.1) is 12.4 Å². The van der Waals surface area contributed by atoms with Gasteiger partial charge in [0.25, 0.3) is 5.56 Å². The van der Waals surface area contributed by atoms with Crippen molar-refractivity contribution < 1.29 is 4.52 Å². The predicted molar refractivity (Wildman–Crippen MR) is 83.0 cm³/mol. The zero-order valence-corrected chi connectivity index (χ0v) is 13.5. The third-order valence-electron chi connectivity index (χ3n) is 4.08. The molecule has 22 heavy (non-hydrogen) atoms. The molecule has 0 spiro atoms. The fourth-order valence-electron chi connectivity index (χ4n) is 2.87. The molecule has 0 amide bonds. The Hall–Kier alpha value is -1.73. The van der Waals surface area contributed by atoms with Crippen LogP contribution < -0.4 is 11.3 Å². The summed E-state index contributed by atoms with van der Waals surface area (Å²) in [6.45, 7) is 3.55. The van der Waals surface area contributed by atoms with Crippen LogP contribution in [0.25, 0.3) is 0 Å². The summed E-state index contributed by atoms with van der Waals surface area (Å²) >= 11 is 0. The number of rotatable bonds is 3. The molecule has 3 rings (SSSR count). The van der Waals surface area contributed by atoms with Crippen molar-refractivity contribution in [2.75, 3.05) is 0 Å². The van der Waals surface area contributed by atoms with Gasteiger partial charge in [0.15, 0.2) is 5.82 Å². The highest BCUT2D eigenvalue weighted by molar-refractivity contribution is 5.85. The molecular formula is C14H20ClN5O2. The van der Waals surface area contributed by atoms with Crippen LogP contribution >= 0.6 is 12.4 Å². The van der Waals surface area contributed by atoms with Crippen LogP contribution in [-0.4, -0.2) is 20.1 Å². The molecule has 0 saturated heterocycles. The van der Waals surface area contributed by atoms with E-state index in [-0.39, 0.29) is 24.4 Å². The molecule has 2 aromatic rings. The molecule has 0 atom stereocenters. The second-order valence-corrected chi connectivity index (χ2v) is 5.77. The Morgan fingerprint density at radius 3 is 2.59 bits per heavy atom. The van der Waals surface area contributed by atoms with Gasteiger partial charge >= 0.3 is 0 Å². The second-order valence-electron chi connectivity index (χ2n) is 5.77. The zero-order valence-electron chi connectivity index (χ0n) is 12.7. The maximum Gasteiger partial charge on any atom is 0.254 e. The van der Waals surface area contributed by atoms with Gasteiger partial charge < -0.3 is 15.2 Å². The monoisotopic (exact) mass is 325 g/mol. The van der Waals surface area contributed by atoms with Gasteiger partial charge in [-0.3, -0.25) is 4.79 Å². The Labute approximate surface area is 134 Å². The van der Waals surface area contributed by atoms with E-state index in [2.05, 4.69) is 20.1 Å². The molecule has 8 heteroatoms. The predicted octanol–water partition coefficient (Wildman–Crippen LogP) is 1.51. The normalized spacial score (nSPS) is 16.5. The number of H-pyrrole nitrogens is 1. The average Bonchev–Trinajstić information content (AvgIpc) is 3.03. The molecule has 2 aromatic heterocycles. The molecular weight excluding hydrogens is 306 g/mol. The number of aromatic amines is 1. The van der Waals surface area contributed by atoms with E-state index in [9.17, 15) is 4.79 Å². The van der Waals surface area contributed by atoms with Crippen LogP contribution in [0.4, 0.5) is 0 Å². The van der Waals surface area contributed by atoms with Gasteiger partial charge in [0.2, 0.25) is 5.89 Å². The fraction of sp³-hybridized carbons (Fsp3) is 0.571. The Bertz CT molecular complexity index is 718. The molecule has 0 aliphatic heterocycles. The van der Waals surface area contributed by atoms with Crippen molar-refractivity contribution in [2.45, 2.75) is 51.5 Å². The zero-order chi connectivity index (χ0) is 15.0. The largest absolute Gasteiger partial charge is 0.339 e. The lowest BCUT2D eigenvalue weighted by Gasteiger charge is -2.17. The number of hydrogen-bond donors (Lipinski definition) is 2. The van der Waals surface area contributed by atoms with Crippen molar-refractivity contribution in [3.63, 3.8) is 0 Å². The van der Waals surface area contributed by atoms with Gasteiger partial charge in [-0.25, -0.2) is 4.98 Å². The first kappa shape index (κ1) is 16.6. The summed E-state index contributed by atoms with van der Waals surface area (Å²) in [5.74, 6) is 1.55. The number of hydrogen-bond acceptors (Lipinski definition) is 6. The molecule has 1 aliphatic carbocycles. The second kappa shape index (κ2) is 6.18. The first-order chi connectivity index (χ1) is 9.98. The van der Waals surface area contributed by atoms with Crippen molar-refractivity contribution in [2.24, 2.45) is 5.73 Å². The summed E-state index contributed by atoms with van der Waals surface area (Å²) in [5.41, 5.74) is 6.89.